The van der Waals surface area contributed by atoms with Crippen molar-refractivity contribution >= 4 is 11.4 Å². The third kappa shape index (κ3) is 2.42. The summed E-state index contributed by atoms with van der Waals surface area (Å²) >= 11 is 0. The van der Waals surface area contributed by atoms with Crippen LogP contribution in [0.3, 0.4) is 0 Å². The van der Waals surface area contributed by atoms with Crippen LogP contribution in [0.2, 0.25) is 0 Å². The van der Waals surface area contributed by atoms with Crippen LogP contribution in [0.1, 0.15) is 25.8 Å². The zero-order valence-corrected chi connectivity index (χ0v) is 13.6. The van der Waals surface area contributed by atoms with E-state index in [1.807, 2.05) is 0 Å². The van der Waals surface area contributed by atoms with E-state index in [9.17, 15) is 9.59 Å². The van der Waals surface area contributed by atoms with Gasteiger partial charge in [0.05, 0.1) is 13.2 Å². The summed E-state index contributed by atoms with van der Waals surface area (Å²) in [6.07, 6.45) is 4.62. The van der Waals surface area contributed by atoms with Crippen molar-refractivity contribution in [1.29, 1.82) is 0 Å². The highest BCUT2D eigenvalue weighted by Crippen LogP contribution is 2.31. The molecule has 2 aromatic heterocycles. The van der Waals surface area contributed by atoms with E-state index >= 15 is 0 Å². The molecule has 8 nitrogen and oxygen atoms in total. The first-order valence-electron chi connectivity index (χ1n) is 8.21. The number of aromatic nitrogens is 3. The smallest absolute Gasteiger partial charge is 0.291 e. The van der Waals surface area contributed by atoms with Gasteiger partial charge in [-0.3, -0.25) is 9.59 Å². The summed E-state index contributed by atoms with van der Waals surface area (Å²) in [5.41, 5.74) is 0.245. The van der Waals surface area contributed by atoms with Crippen molar-refractivity contribution < 1.29 is 14.3 Å². The molecule has 8 heteroatoms. The molecule has 2 aromatic rings. The molecule has 0 aromatic carbocycles. The molecule has 128 valence electrons. The Balaban J connectivity index is 1.51. The van der Waals surface area contributed by atoms with Crippen molar-refractivity contribution in [2.45, 2.75) is 31.6 Å². The molecule has 1 atom stereocenters. The number of piperidine rings is 1. The number of fused-ring (bicyclic) bond motifs is 1. The zero-order chi connectivity index (χ0) is 16.7. The number of ether oxygens (including phenoxy) is 2. The van der Waals surface area contributed by atoms with Crippen LogP contribution in [-0.4, -0.2) is 57.1 Å². The molecule has 0 aliphatic carbocycles. The minimum atomic E-state index is -0.642. The Morgan fingerprint density at radius 2 is 2.00 bits per heavy atom. The van der Waals surface area contributed by atoms with Crippen LogP contribution in [0.15, 0.2) is 29.5 Å². The number of hydrogen-bond donors (Lipinski definition) is 0. The van der Waals surface area contributed by atoms with Crippen molar-refractivity contribution in [2.75, 3.05) is 26.3 Å². The van der Waals surface area contributed by atoms with E-state index in [1.165, 1.54) is 4.68 Å². The summed E-state index contributed by atoms with van der Waals surface area (Å²) in [5, 5.41) is 4.14. The van der Waals surface area contributed by atoms with Crippen LogP contribution in [0.4, 0.5) is 0 Å². The lowest BCUT2D eigenvalue weighted by Gasteiger charge is -2.38. The Hall–Kier alpha value is -2.19. The quantitative estimate of drug-likeness (QED) is 0.797. The Kier molecular flexibility index (Phi) is 3.65. The van der Waals surface area contributed by atoms with Crippen molar-refractivity contribution in [3.05, 3.63) is 35.0 Å². The third-order valence-electron chi connectivity index (χ3n) is 4.88. The lowest BCUT2D eigenvalue weighted by atomic mass is 10.0. The fraction of sp³-hybridized carbons (Fsp3) is 0.562. The molecule has 4 rings (SSSR count). The Morgan fingerprint density at radius 1 is 1.29 bits per heavy atom. The molecule has 1 spiro atoms. The molecule has 0 bridgehead atoms. The normalized spacial score (nSPS) is 21.5. The largest absolute Gasteiger partial charge is 0.347 e. The topological polar surface area (TPSA) is 78.1 Å². The molecule has 24 heavy (non-hydrogen) atoms. The number of rotatable bonds is 2. The van der Waals surface area contributed by atoms with Gasteiger partial charge in [0.1, 0.15) is 17.9 Å². The molecule has 0 radical (unpaired) electrons. The van der Waals surface area contributed by atoms with Gasteiger partial charge in [-0.15, -0.1) is 0 Å². The number of hydrogen-bond acceptors (Lipinski definition) is 5. The Labute approximate surface area is 138 Å². The lowest BCUT2D eigenvalue weighted by Crippen LogP contribution is -2.49. The number of nitrogens with zero attached hydrogens (tertiary/aromatic N) is 4. The highest BCUT2D eigenvalue weighted by atomic mass is 16.7. The van der Waals surface area contributed by atoms with Gasteiger partial charge in [0.15, 0.2) is 5.79 Å². The van der Waals surface area contributed by atoms with E-state index in [4.69, 9.17) is 9.47 Å². The third-order valence-corrected chi connectivity index (χ3v) is 4.88. The van der Waals surface area contributed by atoms with Crippen LogP contribution >= 0.6 is 0 Å². The van der Waals surface area contributed by atoms with E-state index in [2.05, 4.69) is 5.10 Å². The summed E-state index contributed by atoms with van der Waals surface area (Å²) in [4.78, 5) is 27.0. The van der Waals surface area contributed by atoms with Gasteiger partial charge in [0.25, 0.3) is 5.56 Å². The second kappa shape index (κ2) is 5.71. The summed E-state index contributed by atoms with van der Waals surface area (Å²) in [7, 11) is 0. The van der Waals surface area contributed by atoms with Crippen LogP contribution in [0.5, 0.6) is 0 Å². The fourth-order valence-electron chi connectivity index (χ4n) is 3.45. The van der Waals surface area contributed by atoms with Crippen molar-refractivity contribution in [3.8, 4) is 0 Å². The maximum absolute atomic E-state index is 12.8. The van der Waals surface area contributed by atoms with E-state index in [0.29, 0.717) is 44.7 Å². The van der Waals surface area contributed by atoms with Crippen LogP contribution < -0.4 is 5.56 Å². The predicted molar refractivity (Wildman–Crippen MR) is 84.6 cm³/mol. The van der Waals surface area contributed by atoms with Gasteiger partial charge in [0, 0.05) is 32.1 Å². The van der Waals surface area contributed by atoms with Gasteiger partial charge in [-0.25, -0.2) is 4.68 Å². The van der Waals surface area contributed by atoms with Crippen molar-refractivity contribution in [1.82, 2.24) is 19.1 Å². The maximum Gasteiger partial charge on any atom is 0.291 e. The average molecular weight is 332 g/mol. The molecule has 0 N–H and O–H groups in total. The minimum Gasteiger partial charge on any atom is -0.347 e. The average Bonchev–Trinajstić information content (AvgIpc) is 3.25. The molecule has 4 heterocycles. The molecule has 2 saturated heterocycles. The molecular weight excluding hydrogens is 312 g/mol. The van der Waals surface area contributed by atoms with Gasteiger partial charge < -0.3 is 18.8 Å². The van der Waals surface area contributed by atoms with Gasteiger partial charge >= 0.3 is 0 Å². The standard InChI is InChI=1S/C16H20N4O4/c1-12(20-15(22)13-3-2-6-19(13)11-17-20)14(21)18-7-4-16(5-8-18)23-9-10-24-16/h2-3,6,11-12H,4-5,7-10H2,1H3. The molecule has 1 unspecified atom stereocenters. The first kappa shape index (κ1) is 15.3. The van der Waals surface area contributed by atoms with E-state index in [-0.39, 0.29) is 11.5 Å². The second-order valence-electron chi connectivity index (χ2n) is 6.29. The first-order valence-corrected chi connectivity index (χ1v) is 8.21. The number of likely N-dealkylation sites (tertiary alicyclic amines) is 1. The summed E-state index contributed by atoms with van der Waals surface area (Å²) < 4.78 is 14.3. The van der Waals surface area contributed by atoms with Crippen LogP contribution in [-0.2, 0) is 14.3 Å². The highest BCUT2D eigenvalue weighted by molar-refractivity contribution is 5.80. The van der Waals surface area contributed by atoms with Gasteiger partial charge in [0.2, 0.25) is 5.91 Å². The molecular formula is C16H20N4O4. The van der Waals surface area contributed by atoms with Crippen molar-refractivity contribution in [3.63, 3.8) is 0 Å². The first-order chi connectivity index (χ1) is 11.6. The molecule has 2 aliphatic rings. The minimum absolute atomic E-state index is 0.103. The summed E-state index contributed by atoms with van der Waals surface area (Å²) in [6.45, 7) is 4.06. The number of carbonyl (C=O) groups is 1. The van der Waals surface area contributed by atoms with E-state index < -0.39 is 11.8 Å². The molecule has 2 aliphatic heterocycles. The molecule has 1 amide bonds. The van der Waals surface area contributed by atoms with E-state index in [0.717, 1.165) is 0 Å². The molecule has 0 saturated carbocycles. The Bertz CT molecular complexity index is 811. The van der Waals surface area contributed by atoms with Gasteiger partial charge in [-0.05, 0) is 19.1 Å². The number of carbonyl (C=O) groups excluding carboxylic acids is 1. The van der Waals surface area contributed by atoms with Crippen LogP contribution in [0, 0.1) is 0 Å². The van der Waals surface area contributed by atoms with Gasteiger partial charge in [-0.2, -0.15) is 5.10 Å². The fourth-order valence-corrected chi connectivity index (χ4v) is 3.45. The van der Waals surface area contributed by atoms with Crippen molar-refractivity contribution in [2.24, 2.45) is 0 Å². The summed E-state index contributed by atoms with van der Waals surface area (Å²) in [6, 6.07) is 2.86. The summed E-state index contributed by atoms with van der Waals surface area (Å²) in [5.74, 6) is -0.617. The van der Waals surface area contributed by atoms with E-state index in [1.54, 1.807) is 40.9 Å². The maximum atomic E-state index is 12.8. The predicted octanol–water partition coefficient (Wildman–Crippen LogP) is 0.422. The zero-order valence-electron chi connectivity index (χ0n) is 13.6. The highest BCUT2D eigenvalue weighted by Gasteiger charge is 2.41. The monoisotopic (exact) mass is 332 g/mol. The lowest BCUT2D eigenvalue weighted by molar-refractivity contribution is -0.188. The number of amides is 1. The second-order valence-corrected chi connectivity index (χ2v) is 6.29. The van der Waals surface area contributed by atoms with Crippen LogP contribution in [0.25, 0.3) is 5.52 Å². The Morgan fingerprint density at radius 3 is 2.71 bits per heavy atom. The van der Waals surface area contributed by atoms with Gasteiger partial charge in [-0.1, -0.05) is 0 Å². The molecule has 2 fully saturated rings. The SMILES string of the molecule is CC(C(=O)N1CCC2(CC1)OCCO2)n1ncn2cccc2c1=O.